The van der Waals surface area contributed by atoms with E-state index >= 15 is 0 Å². The topological polar surface area (TPSA) is 12.5 Å². The van der Waals surface area contributed by atoms with Gasteiger partial charge in [-0.2, -0.15) is 0 Å². The second-order valence-electron chi connectivity index (χ2n) is 12.8. The van der Waals surface area contributed by atoms with Gasteiger partial charge in [0.1, 0.15) is 0 Å². The van der Waals surface area contributed by atoms with Crippen molar-refractivity contribution in [1.29, 1.82) is 0 Å². The third kappa shape index (κ3) is 8.31. The number of benzene rings is 3. The van der Waals surface area contributed by atoms with Crippen LogP contribution in [0.2, 0.25) is 0 Å². The van der Waals surface area contributed by atoms with E-state index in [1.54, 1.807) is 0 Å². The fourth-order valence-electron chi connectivity index (χ4n) is 5.58. The van der Waals surface area contributed by atoms with Crippen molar-refractivity contribution >= 4 is 40.5 Å². The van der Waals surface area contributed by atoms with Gasteiger partial charge in [0.25, 0.3) is 0 Å². The molecule has 0 amide bonds. The van der Waals surface area contributed by atoms with Crippen molar-refractivity contribution in [3.05, 3.63) is 77.8 Å². The molecule has 0 atom stereocenters. The minimum atomic E-state index is -1.77. The Morgan fingerprint density at radius 2 is 1.54 bits per heavy atom. The zero-order chi connectivity index (χ0) is 29.1. The van der Waals surface area contributed by atoms with Gasteiger partial charge in [-0.25, -0.2) is 6.54 Å². The summed E-state index contributed by atoms with van der Waals surface area (Å²) in [7, 11) is 11.6. The molecular formula is C34H46Cl2NORu-. The molecule has 0 saturated carbocycles. The standard InChI is InChI=1S/C24H34N.C10H12O.2ClH.Ru/c1-16(2)19-10-9-18-11-12-20(17(3)4)22(21(18)13-19)25-15-23(5,6)14-24(25,7)8;1-8(2)11-10-7-5-4-6-9(10)3;;;/h9-13,15-17H,14H2,1-8H3;3-8H,1-2H3;2*1H;/q-1;;;;+2/p-2. The molecule has 0 N–H and O–H groups in total. The minimum Gasteiger partial charge on any atom is -0.517 e. The van der Waals surface area contributed by atoms with Crippen molar-refractivity contribution in [2.75, 3.05) is 4.90 Å². The molecule has 1 heterocycles. The largest absolute Gasteiger partial charge is 0.517 e. The summed E-state index contributed by atoms with van der Waals surface area (Å²) in [5.41, 5.74) is 5.65. The fraction of sp³-hybridized carbons (Fsp3) is 0.471. The number of halogens is 2. The first-order chi connectivity index (χ1) is 18.1. The molecule has 3 aromatic carbocycles. The van der Waals surface area contributed by atoms with E-state index in [1.807, 2.05) is 42.7 Å². The maximum atomic E-state index is 5.82. The molecular weight excluding hydrogens is 610 g/mol. The molecule has 1 aliphatic heterocycles. The zero-order valence-corrected chi connectivity index (χ0v) is 28.5. The van der Waals surface area contributed by atoms with Crippen LogP contribution in [-0.2, 0) is 13.5 Å². The van der Waals surface area contributed by atoms with Gasteiger partial charge in [0.15, 0.2) is 0 Å². The van der Waals surface area contributed by atoms with Gasteiger partial charge >= 0.3 is 97.8 Å². The molecule has 0 spiro atoms. The molecule has 0 radical (unpaired) electrons. The first-order valence-corrected chi connectivity index (χ1v) is 19.4. The summed E-state index contributed by atoms with van der Waals surface area (Å²) in [4.78, 5) is 2.58. The summed E-state index contributed by atoms with van der Waals surface area (Å²) in [5.74, 6) is 1.91. The predicted molar refractivity (Wildman–Crippen MR) is 170 cm³/mol. The van der Waals surface area contributed by atoms with Crippen molar-refractivity contribution in [3.8, 4) is 5.75 Å². The number of hydrogen-bond acceptors (Lipinski definition) is 2. The molecule has 5 heteroatoms. The van der Waals surface area contributed by atoms with Crippen LogP contribution in [0.3, 0.4) is 0 Å². The number of hydrogen-bond donors (Lipinski definition) is 0. The van der Waals surface area contributed by atoms with E-state index in [2.05, 4.69) is 97.2 Å². The summed E-state index contributed by atoms with van der Waals surface area (Å²) >= 11 is -1.77. The molecule has 1 fully saturated rings. The van der Waals surface area contributed by atoms with Crippen molar-refractivity contribution in [2.45, 2.75) is 99.1 Å². The van der Waals surface area contributed by atoms with Crippen LogP contribution in [0.15, 0.2) is 54.6 Å². The van der Waals surface area contributed by atoms with Gasteiger partial charge in [-0.05, 0) is 48.3 Å². The third-order valence-corrected chi connectivity index (χ3v) is 8.90. The Morgan fingerprint density at radius 1 is 0.897 bits per heavy atom. The summed E-state index contributed by atoms with van der Waals surface area (Å²) in [6.45, 7) is 25.1. The number of fused-ring (bicyclic) bond motifs is 1. The van der Waals surface area contributed by atoms with Crippen molar-refractivity contribution in [2.24, 2.45) is 5.41 Å². The molecule has 3 aromatic rings. The van der Waals surface area contributed by atoms with E-state index in [4.69, 9.17) is 24.1 Å². The van der Waals surface area contributed by atoms with Crippen LogP contribution >= 0.6 is 19.4 Å². The number of rotatable bonds is 6. The van der Waals surface area contributed by atoms with Crippen LogP contribution in [-0.4, -0.2) is 16.3 Å². The van der Waals surface area contributed by atoms with Crippen LogP contribution in [0.1, 0.15) is 104 Å². The van der Waals surface area contributed by atoms with E-state index in [0.717, 1.165) is 11.3 Å². The molecule has 1 saturated heterocycles. The van der Waals surface area contributed by atoms with Crippen LogP contribution in [0, 0.1) is 12.0 Å². The monoisotopic (exact) mass is 656 g/mol. The van der Waals surface area contributed by atoms with Gasteiger partial charge in [0.2, 0.25) is 0 Å². The van der Waals surface area contributed by atoms with Gasteiger partial charge in [-0.3, -0.25) is 0 Å². The Hall–Kier alpha value is -1.41. The molecule has 0 unspecified atom stereocenters. The Morgan fingerprint density at radius 3 is 2.08 bits per heavy atom. The first kappa shape index (κ1) is 32.1. The van der Waals surface area contributed by atoms with E-state index in [-0.39, 0.29) is 17.1 Å². The Labute approximate surface area is 250 Å². The average Bonchev–Trinajstić information content (AvgIpc) is 3.05. The van der Waals surface area contributed by atoms with Gasteiger partial charge in [-0.1, -0.05) is 72.2 Å². The molecule has 39 heavy (non-hydrogen) atoms. The molecule has 2 nitrogen and oxygen atoms in total. The summed E-state index contributed by atoms with van der Waals surface area (Å²) in [5, 5.41) is 2.75. The van der Waals surface area contributed by atoms with Crippen LogP contribution in [0.25, 0.3) is 10.8 Å². The predicted octanol–water partition coefficient (Wildman–Crippen LogP) is 10.8. The number of para-hydroxylation sites is 1. The first-order valence-electron chi connectivity index (χ1n) is 13.9. The normalized spacial score (nSPS) is 16.5. The van der Waals surface area contributed by atoms with Crippen LogP contribution < -0.4 is 9.64 Å². The number of ether oxygens (including phenoxy) is 1. The molecule has 4 rings (SSSR count). The summed E-state index contributed by atoms with van der Waals surface area (Å²) in [6, 6.07) is 19.4. The SMILES string of the molecule is CC(C)Oc1ccccc1[CH]=[Ru]([Cl])[Cl].CC(C)c1ccc2ccc(C(C)C)c(N3[CH-]C(C)(C)CC3(C)C)c2c1. The van der Waals surface area contributed by atoms with Gasteiger partial charge in [-0.15, -0.1) is 5.41 Å². The second-order valence-corrected chi connectivity index (χ2v) is 18.5. The Balaban J connectivity index is 0.000000255. The molecule has 0 aromatic heterocycles. The summed E-state index contributed by atoms with van der Waals surface area (Å²) in [6.07, 6.45) is 1.34. The molecule has 0 bridgehead atoms. The summed E-state index contributed by atoms with van der Waals surface area (Å²) < 4.78 is 7.51. The molecule has 1 aliphatic rings. The van der Waals surface area contributed by atoms with Crippen LogP contribution in [0.4, 0.5) is 5.69 Å². The van der Waals surface area contributed by atoms with Gasteiger partial charge in [0, 0.05) is 16.6 Å². The van der Waals surface area contributed by atoms with Crippen molar-refractivity contribution < 1.29 is 18.3 Å². The van der Waals surface area contributed by atoms with Gasteiger partial charge in [0.05, 0.1) is 0 Å². The maximum Gasteiger partial charge on any atom is 0.0190 e. The fourth-order valence-corrected chi connectivity index (χ4v) is 7.39. The van der Waals surface area contributed by atoms with Gasteiger partial charge < -0.3 is 4.90 Å². The van der Waals surface area contributed by atoms with Crippen molar-refractivity contribution in [3.63, 3.8) is 0 Å². The number of anilines is 1. The number of nitrogens with zero attached hydrogens (tertiary/aromatic N) is 1. The Bertz CT molecular complexity index is 1300. The van der Waals surface area contributed by atoms with E-state index in [9.17, 15) is 0 Å². The quantitative estimate of drug-likeness (QED) is 0.193. The van der Waals surface area contributed by atoms with E-state index in [1.165, 1.54) is 34.0 Å². The van der Waals surface area contributed by atoms with Crippen LogP contribution in [0.5, 0.6) is 5.75 Å². The maximum absolute atomic E-state index is 5.82. The van der Waals surface area contributed by atoms with Crippen molar-refractivity contribution in [1.82, 2.24) is 0 Å². The van der Waals surface area contributed by atoms with E-state index in [0.29, 0.717) is 11.8 Å². The smallest absolute Gasteiger partial charge is 0.0190 e. The average molecular weight is 657 g/mol. The minimum absolute atomic E-state index is 0.134. The van der Waals surface area contributed by atoms with E-state index < -0.39 is 13.5 Å². The third-order valence-electron chi connectivity index (χ3n) is 7.07. The zero-order valence-electron chi connectivity index (χ0n) is 25.3. The molecule has 216 valence electrons. The second kappa shape index (κ2) is 13.1. The Kier molecular flexibility index (Phi) is 10.7. The molecule has 0 aliphatic carbocycles.